The van der Waals surface area contributed by atoms with E-state index in [1.807, 2.05) is 24.4 Å². The molecule has 1 aromatic rings. The van der Waals surface area contributed by atoms with Crippen LogP contribution in [0.5, 0.6) is 0 Å². The standard InChI is InChI=1S/C21H28N2O2/c1-14-6-5-8-21(2)11-19-16(10-18(14)21)17(20(24)25-19)13-22-12-15-7-3-4-9-23-15/h3-4,7,9,16-19,22H,1,5-6,8,10-13H2,2H3/p+1/t16-,17+,18-,19-,21-/m1/s1. The topological polar surface area (TPSA) is 55.8 Å². The van der Waals surface area contributed by atoms with Crippen molar-refractivity contribution in [2.45, 2.75) is 51.7 Å². The van der Waals surface area contributed by atoms with E-state index in [9.17, 15) is 4.79 Å². The summed E-state index contributed by atoms with van der Waals surface area (Å²) in [6.07, 6.45) is 7.67. The Morgan fingerprint density at radius 3 is 3.12 bits per heavy atom. The van der Waals surface area contributed by atoms with Gasteiger partial charge in [-0.05, 0) is 55.6 Å². The molecule has 3 aliphatic rings. The maximum absolute atomic E-state index is 12.5. The number of allylic oxidation sites excluding steroid dienone is 1. The molecule has 134 valence electrons. The number of aromatic nitrogens is 1. The average Bonchev–Trinajstić information content (AvgIpc) is 2.88. The lowest BCUT2D eigenvalue weighted by Crippen LogP contribution is -2.84. The van der Waals surface area contributed by atoms with E-state index in [0.717, 1.165) is 38.0 Å². The smallest absolute Gasteiger partial charge is 0.315 e. The van der Waals surface area contributed by atoms with Crippen molar-refractivity contribution in [3.8, 4) is 0 Å². The largest absolute Gasteiger partial charge is 0.462 e. The molecule has 0 bridgehead atoms. The molecule has 0 spiro atoms. The number of pyridine rings is 1. The summed E-state index contributed by atoms with van der Waals surface area (Å²) in [5, 5.41) is 2.21. The number of rotatable bonds is 4. The van der Waals surface area contributed by atoms with E-state index in [4.69, 9.17) is 4.74 Å². The molecule has 2 N–H and O–H groups in total. The van der Waals surface area contributed by atoms with Crippen LogP contribution in [0, 0.1) is 23.2 Å². The number of nitrogens with zero attached hydrogens (tertiary/aromatic N) is 1. The first-order valence-corrected chi connectivity index (χ1v) is 9.66. The summed E-state index contributed by atoms with van der Waals surface area (Å²) >= 11 is 0. The van der Waals surface area contributed by atoms with Gasteiger partial charge in [0.2, 0.25) is 0 Å². The van der Waals surface area contributed by atoms with Crippen molar-refractivity contribution in [1.29, 1.82) is 0 Å². The Labute approximate surface area is 150 Å². The van der Waals surface area contributed by atoms with Crippen LogP contribution in [0.2, 0.25) is 0 Å². The minimum atomic E-state index is 0.0140. The first-order chi connectivity index (χ1) is 12.1. The van der Waals surface area contributed by atoms with Gasteiger partial charge in [-0.1, -0.05) is 25.1 Å². The fraction of sp³-hybridized carbons (Fsp3) is 0.619. The van der Waals surface area contributed by atoms with Gasteiger partial charge in [0.05, 0.1) is 12.2 Å². The van der Waals surface area contributed by atoms with Crippen molar-refractivity contribution >= 4 is 5.97 Å². The van der Waals surface area contributed by atoms with Crippen LogP contribution in [0.1, 0.15) is 44.7 Å². The van der Waals surface area contributed by atoms with E-state index in [-0.39, 0.29) is 23.4 Å². The molecular formula is C21H29N2O2+. The molecular weight excluding hydrogens is 312 g/mol. The van der Waals surface area contributed by atoms with Gasteiger partial charge in [0, 0.05) is 12.1 Å². The predicted octanol–water partition coefficient (Wildman–Crippen LogP) is 2.46. The number of carbonyl (C=O) groups is 1. The molecule has 1 aromatic heterocycles. The summed E-state index contributed by atoms with van der Waals surface area (Å²) in [4.78, 5) is 16.9. The summed E-state index contributed by atoms with van der Waals surface area (Å²) < 4.78 is 5.83. The van der Waals surface area contributed by atoms with Crippen LogP contribution in [0.15, 0.2) is 36.5 Å². The molecule has 0 unspecified atom stereocenters. The van der Waals surface area contributed by atoms with Gasteiger partial charge in [0.1, 0.15) is 18.6 Å². The fourth-order valence-electron chi connectivity index (χ4n) is 5.46. The number of quaternary nitrogens is 1. The van der Waals surface area contributed by atoms with Gasteiger partial charge in [0.25, 0.3) is 0 Å². The second-order valence-electron chi connectivity index (χ2n) is 8.45. The molecule has 4 nitrogen and oxygen atoms in total. The number of esters is 1. The second-order valence-corrected chi connectivity index (χ2v) is 8.45. The molecule has 25 heavy (non-hydrogen) atoms. The molecule has 4 heteroatoms. The molecule has 1 aliphatic heterocycles. The van der Waals surface area contributed by atoms with Gasteiger partial charge in [-0.2, -0.15) is 0 Å². The molecule has 0 amide bonds. The number of nitrogens with two attached hydrogens (primary N) is 1. The van der Waals surface area contributed by atoms with Gasteiger partial charge in [-0.25, -0.2) is 0 Å². The highest BCUT2D eigenvalue weighted by atomic mass is 16.6. The maximum Gasteiger partial charge on any atom is 0.315 e. The van der Waals surface area contributed by atoms with Crippen molar-refractivity contribution < 1.29 is 14.8 Å². The zero-order valence-corrected chi connectivity index (χ0v) is 15.1. The lowest BCUT2D eigenvalue weighted by atomic mass is 9.55. The van der Waals surface area contributed by atoms with Gasteiger partial charge in [0.15, 0.2) is 0 Å². The first kappa shape index (κ1) is 16.8. The van der Waals surface area contributed by atoms with Crippen LogP contribution in [0.4, 0.5) is 0 Å². The van der Waals surface area contributed by atoms with E-state index >= 15 is 0 Å². The fourth-order valence-corrected chi connectivity index (χ4v) is 5.46. The highest BCUT2D eigenvalue weighted by Crippen LogP contribution is 2.56. The highest BCUT2D eigenvalue weighted by molar-refractivity contribution is 5.75. The van der Waals surface area contributed by atoms with Crippen LogP contribution < -0.4 is 5.32 Å². The van der Waals surface area contributed by atoms with Crippen molar-refractivity contribution in [3.63, 3.8) is 0 Å². The van der Waals surface area contributed by atoms with Crippen molar-refractivity contribution in [1.82, 2.24) is 4.98 Å². The van der Waals surface area contributed by atoms with Gasteiger partial charge in [-0.15, -0.1) is 0 Å². The minimum absolute atomic E-state index is 0.0140. The maximum atomic E-state index is 12.5. The van der Waals surface area contributed by atoms with Crippen LogP contribution in [0.3, 0.4) is 0 Å². The molecule has 0 radical (unpaired) electrons. The van der Waals surface area contributed by atoms with Crippen molar-refractivity contribution in [2.24, 2.45) is 23.2 Å². The minimum Gasteiger partial charge on any atom is -0.462 e. The third kappa shape index (κ3) is 3.12. The zero-order chi connectivity index (χ0) is 17.4. The number of ether oxygens (including phenoxy) is 1. The Morgan fingerprint density at radius 1 is 1.44 bits per heavy atom. The summed E-state index contributed by atoms with van der Waals surface area (Å²) in [6.45, 7) is 8.36. The third-order valence-electron chi connectivity index (χ3n) is 6.82. The van der Waals surface area contributed by atoms with E-state index < -0.39 is 0 Å². The molecule has 4 rings (SSSR count). The Bertz CT molecular complexity index is 659. The van der Waals surface area contributed by atoms with Crippen LogP contribution in [-0.2, 0) is 16.1 Å². The Kier molecular flexibility index (Phi) is 4.40. The van der Waals surface area contributed by atoms with Crippen LogP contribution in [-0.4, -0.2) is 23.6 Å². The van der Waals surface area contributed by atoms with Crippen molar-refractivity contribution in [2.75, 3.05) is 6.54 Å². The molecule has 3 fully saturated rings. The van der Waals surface area contributed by atoms with Gasteiger partial charge in [-0.3, -0.25) is 9.78 Å². The predicted molar refractivity (Wildman–Crippen MR) is 95.4 cm³/mol. The van der Waals surface area contributed by atoms with Crippen LogP contribution >= 0.6 is 0 Å². The SMILES string of the molecule is C=C1CCC[C@]2(C)C[C@H]3OC(=O)[C@@H](C[NH2+]Cc4ccccn4)[C@H]3C[C@H]12. The Balaban J connectivity index is 1.42. The van der Waals surface area contributed by atoms with Crippen LogP contribution in [0.25, 0.3) is 0 Å². The Hall–Kier alpha value is -1.68. The monoisotopic (exact) mass is 341 g/mol. The van der Waals surface area contributed by atoms with E-state index in [0.29, 0.717) is 11.8 Å². The zero-order valence-electron chi connectivity index (χ0n) is 15.1. The number of hydrogen-bond acceptors (Lipinski definition) is 3. The highest BCUT2D eigenvalue weighted by Gasteiger charge is 2.55. The summed E-state index contributed by atoms with van der Waals surface area (Å²) in [6, 6.07) is 5.97. The number of fused-ring (bicyclic) bond motifs is 2. The number of hydrogen-bond donors (Lipinski definition) is 1. The Morgan fingerprint density at radius 2 is 2.32 bits per heavy atom. The lowest BCUT2D eigenvalue weighted by molar-refractivity contribution is -0.675. The third-order valence-corrected chi connectivity index (χ3v) is 6.82. The molecule has 2 heterocycles. The average molecular weight is 341 g/mol. The normalized spacial score (nSPS) is 37.3. The summed E-state index contributed by atoms with van der Waals surface area (Å²) in [7, 11) is 0. The molecule has 2 saturated carbocycles. The summed E-state index contributed by atoms with van der Waals surface area (Å²) in [5.74, 6) is 0.962. The van der Waals surface area contributed by atoms with Crippen molar-refractivity contribution in [3.05, 3.63) is 42.2 Å². The van der Waals surface area contributed by atoms with Gasteiger partial charge < -0.3 is 10.1 Å². The lowest BCUT2D eigenvalue weighted by Gasteiger charge is -2.49. The van der Waals surface area contributed by atoms with E-state index in [1.165, 1.54) is 18.4 Å². The second kappa shape index (κ2) is 6.56. The van der Waals surface area contributed by atoms with E-state index in [1.54, 1.807) is 0 Å². The molecule has 0 aromatic carbocycles. The van der Waals surface area contributed by atoms with E-state index in [2.05, 4.69) is 23.8 Å². The summed E-state index contributed by atoms with van der Waals surface area (Å²) in [5.41, 5.74) is 2.74. The molecule has 5 atom stereocenters. The molecule has 1 saturated heterocycles. The molecule has 2 aliphatic carbocycles. The number of carbonyl (C=O) groups excluding carboxylic acids is 1. The van der Waals surface area contributed by atoms with Gasteiger partial charge >= 0.3 is 5.97 Å². The quantitative estimate of drug-likeness (QED) is 0.676. The first-order valence-electron chi connectivity index (χ1n) is 9.66.